The minimum Gasteiger partial charge on any atom is -0.456 e. The van der Waals surface area contributed by atoms with E-state index in [2.05, 4.69) is 442 Å². The summed E-state index contributed by atoms with van der Waals surface area (Å²) in [7, 11) is 0. The molecule has 0 radical (unpaired) electrons. The molecule has 19 aromatic carbocycles. The van der Waals surface area contributed by atoms with Crippen LogP contribution in [0.1, 0.15) is 69.5 Å². The molecular weight excluding hydrogens is 1500 g/mol. The monoisotopic (exact) mass is 1570 g/mol. The fourth-order valence-corrected chi connectivity index (χ4v) is 22.1. The highest BCUT2D eigenvalue weighted by molar-refractivity contribution is 7.25. The predicted octanol–water partition coefficient (Wildman–Crippen LogP) is 32.0. The van der Waals surface area contributed by atoms with Gasteiger partial charge in [-0.25, -0.2) is 0 Å². The van der Waals surface area contributed by atoms with Gasteiger partial charge in [-0.05, 0) is 231 Å². The van der Waals surface area contributed by atoms with Crippen molar-refractivity contribution in [2.24, 2.45) is 0 Å². The van der Waals surface area contributed by atoms with Gasteiger partial charge in [0.1, 0.15) is 22.3 Å². The molecule has 0 saturated carbocycles. The van der Waals surface area contributed by atoms with Crippen LogP contribution in [-0.2, 0) is 16.2 Å². The van der Waals surface area contributed by atoms with Crippen LogP contribution < -0.4 is 9.80 Å². The van der Waals surface area contributed by atoms with Crippen molar-refractivity contribution in [3.63, 3.8) is 0 Å². The Labute approximate surface area is 712 Å². The fraction of sp³-hybridized carbons (Fsp3) is 0.0427. The minimum atomic E-state index is -0.556. The molecule has 0 bridgehead atoms. The number of para-hydroxylation sites is 2. The van der Waals surface area contributed by atoms with E-state index >= 15 is 0 Å². The number of benzene rings is 19. The number of hydrogen-bond acceptors (Lipinski definition) is 5. The summed E-state index contributed by atoms with van der Waals surface area (Å²) in [6, 6.07) is 160. The highest BCUT2D eigenvalue weighted by Crippen LogP contribution is 2.61. The van der Waals surface area contributed by atoms with Crippen LogP contribution in [0.4, 0.5) is 34.1 Å². The second-order valence-electron chi connectivity index (χ2n) is 33.3. The van der Waals surface area contributed by atoms with E-state index in [9.17, 15) is 0 Å². The molecule has 25 rings (SSSR count). The van der Waals surface area contributed by atoms with Crippen LogP contribution in [0.3, 0.4) is 0 Å². The Bertz CT molecular complexity index is 7890. The number of hydrogen-bond donors (Lipinski definition) is 0. The van der Waals surface area contributed by atoms with Crippen LogP contribution in [-0.4, -0.2) is 0 Å². The molecule has 3 aliphatic rings. The molecule has 574 valence electrons. The van der Waals surface area contributed by atoms with E-state index in [1.54, 1.807) is 0 Å². The normalized spacial score (nSPS) is 14.3. The lowest BCUT2D eigenvalue weighted by atomic mass is 9.67. The van der Waals surface area contributed by atoms with Gasteiger partial charge in [-0.15, -0.1) is 11.3 Å². The van der Waals surface area contributed by atoms with E-state index in [4.69, 9.17) is 8.83 Å². The summed E-state index contributed by atoms with van der Waals surface area (Å²) >= 11 is 1.90. The Hall–Kier alpha value is -15.1. The van der Waals surface area contributed by atoms with Crippen molar-refractivity contribution in [3.8, 4) is 55.6 Å². The van der Waals surface area contributed by atoms with Crippen LogP contribution in [0.5, 0.6) is 0 Å². The SMILES string of the molecule is CC1(C)c2ccccc2-c2ccc(N(c3ccc(-c4ccccc4)cc3)c3ccc4c(c3)sc3cc(C5(c6cccc(-c7ccccc7)c6)c6ccccc6-c6cc7ccccc7cc65)ccc34)cc21.c1ccc(N(c2ccc3c(c2)oc2ccccc23)c2ccc3c(c2)oc2cc(C4(c5ccccc5)c5ccccc5-c5ccccc54)ccc23)cc1. The van der Waals surface area contributed by atoms with Gasteiger partial charge in [0.2, 0.25) is 0 Å². The molecule has 122 heavy (non-hydrogen) atoms. The Kier molecular flexibility index (Phi) is 16.3. The molecule has 5 heteroatoms. The molecule has 1 unspecified atom stereocenters. The fourth-order valence-electron chi connectivity index (χ4n) is 20.9. The second-order valence-corrected chi connectivity index (χ2v) is 34.4. The van der Waals surface area contributed by atoms with Crippen molar-refractivity contribution in [3.05, 3.63) is 492 Å². The van der Waals surface area contributed by atoms with E-state index in [1.165, 1.54) is 142 Å². The van der Waals surface area contributed by atoms with E-state index in [0.717, 1.165) is 78.0 Å². The summed E-state index contributed by atoms with van der Waals surface area (Å²) in [5.74, 6) is 0. The zero-order valence-electron chi connectivity index (χ0n) is 67.2. The largest absolute Gasteiger partial charge is 0.456 e. The van der Waals surface area contributed by atoms with E-state index < -0.39 is 10.8 Å². The molecule has 3 heterocycles. The van der Waals surface area contributed by atoms with Crippen LogP contribution in [0.15, 0.2) is 446 Å². The van der Waals surface area contributed by atoms with Gasteiger partial charge >= 0.3 is 0 Å². The van der Waals surface area contributed by atoms with Crippen molar-refractivity contribution in [1.29, 1.82) is 0 Å². The highest BCUT2D eigenvalue weighted by Gasteiger charge is 2.48. The maximum atomic E-state index is 6.84. The molecule has 3 aromatic heterocycles. The Balaban J connectivity index is 0.000000144. The third kappa shape index (κ3) is 11.0. The van der Waals surface area contributed by atoms with Crippen molar-refractivity contribution < 1.29 is 8.83 Å². The lowest BCUT2D eigenvalue weighted by Gasteiger charge is -2.34. The average molecular weight is 1580 g/mol. The molecule has 3 aliphatic carbocycles. The number of rotatable bonds is 12. The van der Waals surface area contributed by atoms with Gasteiger partial charge in [0.25, 0.3) is 0 Å². The topological polar surface area (TPSA) is 32.8 Å². The van der Waals surface area contributed by atoms with Crippen molar-refractivity contribution in [1.82, 2.24) is 0 Å². The van der Waals surface area contributed by atoms with Gasteiger partial charge in [-0.3, -0.25) is 0 Å². The lowest BCUT2D eigenvalue weighted by Crippen LogP contribution is -2.28. The van der Waals surface area contributed by atoms with Crippen molar-refractivity contribution in [2.75, 3.05) is 9.80 Å². The smallest absolute Gasteiger partial charge is 0.137 e. The molecule has 0 spiro atoms. The lowest BCUT2D eigenvalue weighted by molar-refractivity contribution is 0.660. The molecule has 0 amide bonds. The third-order valence-corrected chi connectivity index (χ3v) is 27.6. The van der Waals surface area contributed by atoms with Gasteiger partial charge in [0.05, 0.1) is 10.8 Å². The molecular formula is C117H78N2O2S. The zero-order chi connectivity index (χ0) is 80.8. The van der Waals surface area contributed by atoms with Crippen LogP contribution >= 0.6 is 11.3 Å². The first-order chi connectivity index (χ1) is 60.2. The molecule has 22 aromatic rings. The molecule has 1 atom stereocenters. The first-order valence-corrected chi connectivity index (χ1v) is 43.0. The predicted molar refractivity (Wildman–Crippen MR) is 510 cm³/mol. The average Bonchev–Trinajstić information content (AvgIpc) is 1.58. The Morgan fingerprint density at radius 3 is 1.23 bits per heavy atom. The van der Waals surface area contributed by atoms with Crippen LogP contribution in [0, 0.1) is 0 Å². The molecule has 0 saturated heterocycles. The number of thiophene rings is 1. The van der Waals surface area contributed by atoms with Gasteiger partial charge in [-0.2, -0.15) is 0 Å². The second kappa shape index (κ2) is 28.0. The van der Waals surface area contributed by atoms with Crippen LogP contribution in [0.25, 0.3) is 130 Å². The highest BCUT2D eigenvalue weighted by atomic mass is 32.1. The standard InChI is InChI=1S/C68H47NS.C49H31NO2/c1-67(2)61-26-13-11-24-55(61)57-36-33-53(42-63(57)67)69(52-31-28-46(29-32-52)44-16-5-3-6-17-44)54-34-37-59-58-35-30-51(41-65(58)70-66(59)43-54)68(50-23-15-22-47(38-50)45-18-7-4-8-19-45)62-27-14-12-25-56(62)60-39-48-20-9-10-21-49(48)40-64(60)68;1-3-13-32(14-4-1)49(43-20-10-7-17-37(43)38-18-8-11-21-44(38)49)33-23-26-40-42-28-25-36(31-48(42)52-46(40)29-33)50(34-15-5-2-6-16-34)35-24-27-41-39-19-9-12-22-45(39)51-47(41)30-35/h3-43H,1-2H3;1-31H. The maximum Gasteiger partial charge on any atom is 0.137 e. The van der Waals surface area contributed by atoms with E-state index in [1.807, 2.05) is 29.5 Å². The summed E-state index contributed by atoms with van der Waals surface area (Å²) in [5, 5.41) is 9.49. The van der Waals surface area contributed by atoms with Crippen LogP contribution in [0.2, 0.25) is 0 Å². The quantitative estimate of drug-likeness (QED) is 0.122. The van der Waals surface area contributed by atoms with E-state index in [0.29, 0.717) is 0 Å². The van der Waals surface area contributed by atoms with Gasteiger partial charge in [-0.1, -0.05) is 329 Å². The summed E-state index contributed by atoms with van der Waals surface area (Å²) in [6.45, 7) is 4.74. The number of anilines is 6. The molecule has 0 N–H and O–H groups in total. The van der Waals surface area contributed by atoms with E-state index in [-0.39, 0.29) is 5.41 Å². The summed E-state index contributed by atoms with van der Waals surface area (Å²) in [5.41, 5.74) is 34.4. The zero-order valence-corrected chi connectivity index (χ0v) is 68.0. The first-order valence-electron chi connectivity index (χ1n) is 42.1. The minimum absolute atomic E-state index is 0.119. The number of fused-ring (bicyclic) bond motifs is 19. The molecule has 0 fully saturated rings. The third-order valence-electron chi connectivity index (χ3n) is 26.5. The number of nitrogens with zero attached hydrogens (tertiary/aromatic N) is 2. The summed E-state index contributed by atoms with van der Waals surface area (Å²) in [4.78, 5) is 4.72. The van der Waals surface area contributed by atoms with Gasteiger partial charge < -0.3 is 18.6 Å². The Morgan fingerprint density at radius 2 is 0.590 bits per heavy atom. The number of furan rings is 2. The van der Waals surface area contributed by atoms with Crippen molar-refractivity contribution >= 4 is 120 Å². The first kappa shape index (κ1) is 71.0. The van der Waals surface area contributed by atoms with Gasteiger partial charge in [0, 0.05) is 93.4 Å². The molecule has 0 aliphatic heterocycles. The maximum absolute atomic E-state index is 6.84. The molecule has 4 nitrogen and oxygen atoms in total. The summed E-state index contributed by atoms with van der Waals surface area (Å²) < 4.78 is 15.7. The van der Waals surface area contributed by atoms with Crippen molar-refractivity contribution in [2.45, 2.75) is 30.1 Å². The summed E-state index contributed by atoms with van der Waals surface area (Å²) in [6.07, 6.45) is 0. The van der Waals surface area contributed by atoms with Gasteiger partial charge in [0.15, 0.2) is 0 Å². The Morgan fingerprint density at radius 1 is 0.205 bits per heavy atom.